The molecule has 0 aliphatic carbocycles. The Balaban J connectivity index is 1.47. The lowest BCUT2D eigenvalue weighted by molar-refractivity contribution is 0.137. The number of para-hydroxylation sites is 1. The van der Waals surface area contributed by atoms with Crippen LogP contribution in [0.3, 0.4) is 0 Å². The topological polar surface area (TPSA) is 27.7 Å². The van der Waals surface area contributed by atoms with Crippen molar-refractivity contribution in [1.29, 1.82) is 0 Å². The maximum absolute atomic E-state index is 5.73. The number of nitrogens with one attached hydrogen (secondary N) is 1. The summed E-state index contributed by atoms with van der Waals surface area (Å²) in [6.45, 7) is 11.7. The van der Waals surface area contributed by atoms with E-state index in [0.717, 1.165) is 44.1 Å². The van der Waals surface area contributed by atoms with Gasteiger partial charge in [0.15, 0.2) is 0 Å². The number of benzene rings is 1. The maximum Gasteiger partial charge on any atom is 0.119 e. The van der Waals surface area contributed by atoms with E-state index >= 15 is 0 Å². The van der Waals surface area contributed by atoms with Gasteiger partial charge in [-0.15, -0.1) is 0 Å². The first-order chi connectivity index (χ1) is 11.3. The molecule has 0 bridgehead atoms. The van der Waals surface area contributed by atoms with Gasteiger partial charge < -0.3 is 15.0 Å². The molecular formula is C19H31N3O. The Kier molecular flexibility index (Phi) is 7.98. The minimum absolute atomic E-state index is 0.823. The van der Waals surface area contributed by atoms with Gasteiger partial charge in [-0.3, -0.25) is 4.90 Å². The molecule has 1 N–H and O–H groups in total. The number of nitrogens with zero attached hydrogens (tertiary/aromatic N) is 2. The van der Waals surface area contributed by atoms with Crippen molar-refractivity contribution in [3.05, 3.63) is 42.6 Å². The van der Waals surface area contributed by atoms with E-state index in [1.165, 1.54) is 32.5 Å². The Bertz CT molecular complexity index is 441. The summed E-state index contributed by atoms with van der Waals surface area (Å²) >= 11 is 0. The van der Waals surface area contributed by atoms with E-state index in [9.17, 15) is 0 Å². The summed E-state index contributed by atoms with van der Waals surface area (Å²) in [7, 11) is 1.94. The maximum atomic E-state index is 5.73. The summed E-state index contributed by atoms with van der Waals surface area (Å²) in [5, 5.41) is 3.13. The Morgan fingerprint density at radius 2 is 1.74 bits per heavy atom. The molecule has 0 amide bonds. The predicted molar refractivity (Wildman–Crippen MR) is 96.9 cm³/mol. The lowest BCUT2D eigenvalue weighted by atomic mass is 10.2. The molecule has 2 rings (SSSR count). The van der Waals surface area contributed by atoms with Crippen LogP contribution in [0.15, 0.2) is 42.6 Å². The smallest absolute Gasteiger partial charge is 0.119 e. The van der Waals surface area contributed by atoms with Crippen molar-refractivity contribution in [2.75, 3.05) is 52.9 Å². The van der Waals surface area contributed by atoms with Crippen LogP contribution >= 0.6 is 0 Å². The normalized spacial score (nSPS) is 16.2. The summed E-state index contributed by atoms with van der Waals surface area (Å²) in [5.74, 6) is 0.978. The SMILES string of the molecule is C=C(CN1CCN(CCCCCOc2ccccc2)CC1)NC. The summed E-state index contributed by atoms with van der Waals surface area (Å²) in [6.07, 6.45) is 3.64. The van der Waals surface area contributed by atoms with Crippen molar-refractivity contribution < 1.29 is 4.74 Å². The highest BCUT2D eigenvalue weighted by atomic mass is 16.5. The first kappa shape index (κ1) is 17.8. The first-order valence-corrected chi connectivity index (χ1v) is 8.76. The molecule has 128 valence electrons. The predicted octanol–water partition coefficient (Wildman–Crippen LogP) is 2.59. The second-order valence-electron chi connectivity index (χ2n) is 6.19. The summed E-state index contributed by atoms with van der Waals surface area (Å²) < 4.78 is 5.73. The average Bonchev–Trinajstić information content (AvgIpc) is 2.60. The van der Waals surface area contributed by atoms with Crippen molar-refractivity contribution in [1.82, 2.24) is 15.1 Å². The number of unbranched alkanes of at least 4 members (excludes halogenated alkanes) is 2. The number of rotatable bonds is 10. The van der Waals surface area contributed by atoms with E-state index < -0.39 is 0 Å². The van der Waals surface area contributed by atoms with Crippen LogP contribution in [-0.2, 0) is 0 Å². The van der Waals surface area contributed by atoms with Crippen molar-refractivity contribution in [3.8, 4) is 5.75 Å². The molecule has 4 nitrogen and oxygen atoms in total. The van der Waals surface area contributed by atoms with Gasteiger partial charge in [0.25, 0.3) is 0 Å². The number of hydrogen-bond donors (Lipinski definition) is 1. The fourth-order valence-corrected chi connectivity index (χ4v) is 2.84. The van der Waals surface area contributed by atoms with E-state index in [2.05, 4.69) is 21.7 Å². The fourth-order valence-electron chi connectivity index (χ4n) is 2.84. The molecule has 1 aliphatic rings. The third kappa shape index (κ3) is 7.06. The number of piperazine rings is 1. The zero-order chi connectivity index (χ0) is 16.3. The Labute approximate surface area is 141 Å². The molecule has 1 saturated heterocycles. The fraction of sp³-hybridized carbons (Fsp3) is 0.579. The lowest BCUT2D eigenvalue weighted by Crippen LogP contribution is -2.47. The Morgan fingerprint density at radius 1 is 1.04 bits per heavy atom. The highest BCUT2D eigenvalue weighted by Gasteiger charge is 2.16. The summed E-state index contributed by atoms with van der Waals surface area (Å²) in [6, 6.07) is 10.1. The van der Waals surface area contributed by atoms with E-state index in [-0.39, 0.29) is 0 Å². The summed E-state index contributed by atoms with van der Waals surface area (Å²) in [4.78, 5) is 5.06. The number of ether oxygens (including phenoxy) is 1. The molecular weight excluding hydrogens is 286 g/mol. The van der Waals surface area contributed by atoms with E-state index in [4.69, 9.17) is 4.74 Å². The van der Waals surface area contributed by atoms with E-state index in [1.807, 2.05) is 37.4 Å². The third-order valence-electron chi connectivity index (χ3n) is 4.36. The second-order valence-corrected chi connectivity index (χ2v) is 6.19. The van der Waals surface area contributed by atoms with Crippen LogP contribution in [0.1, 0.15) is 19.3 Å². The molecule has 4 heteroatoms. The molecule has 1 aromatic carbocycles. The van der Waals surface area contributed by atoms with Gasteiger partial charge in [-0.2, -0.15) is 0 Å². The second kappa shape index (κ2) is 10.3. The first-order valence-electron chi connectivity index (χ1n) is 8.76. The monoisotopic (exact) mass is 317 g/mol. The van der Waals surface area contributed by atoms with Gasteiger partial charge in [0.2, 0.25) is 0 Å². The summed E-state index contributed by atoms with van der Waals surface area (Å²) in [5.41, 5.74) is 1.11. The van der Waals surface area contributed by atoms with Gasteiger partial charge in [0.1, 0.15) is 5.75 Å². The van der Waals surface area contributed by atoms with Crippen molar-refractivity contribution >= 4 is 0 Å². The lowest BCUT2D eigenvalue weighted by Gasteiger charge is -2.35. The van der Waals surface area contributed by atoms with Crippen LogP contribution < -0.4 is 10.1 Å². The average molecular weight is 317 g/mol. The molecule has 0 radical (unpaired) electrons. The number of likely N-dealkylation sites (N-methyl/N-ethyl adjacent to an activating group) is 1. The molecule has 0 unspecified atom stereocenters. The van der Waals surface area contributed by atoms with Gasteiger partial charge >= 0.3 is 0 Å². The van der Waals surface area contributed by atoms with Crippen LogP contribution in [0.25, 0.3) is 0 Å². The van der Waals surface area contributed by atoms with Crippen molar-refractivity contribution in [2.45, 2.75) is 19.3 Å². The van der Waals surface area contributed by atoms with Crippen LogP contribution in [0.5, 0.6) is 5.75 Å². The van der Waals surface area contributed by atoms with Gasteiger partial charge in [-0.25, -0.2) is 0 Å². The van der Waals surface area contributed by atoms with Crippen LogP contribution in [-0.4, -0.2) is 62.7 Å². The largest absolute Gasteiger partial charge is 0.494 e. The zero-order valence-corrected chi connectivity index (χ0v) is 14.5. The zero-order valence-electron chi connectivity index (χ0n) is 14.5. The minimum atomic E-state index is 0.823. The van der Waals surface area contributed by atoms with Crippen molar-refractivity contribution in [2.24, 2.45) is 0 Å². The molecule has 0 spiro atoms. The highest BCUT2D eigenvalue weighted by Crippen LogP contribution is 2.10. The van der Waals surface area contributed by atoms with E-state index in [1.54, 1.807) is 0 Å². The molecule has 0 atom stereocenters. The van der Waals surface area contributed by atoms with E-state index in [0.29, 0.717) is 0 Å². The molecule has 23 heavy (non-hydrogen) atoms. The molecule has 1 aromatic rings. The number of hydrogen-bond acceptors (Lipinski definition) is 4. The molecule has 1 heterocycles. The Hall–Kier alpha value is -1.52. The molecule has 1 fully saturated rings. The molecule has 0 aromatic heterocycles. The van der Waals surface area contributed by atoms with Gasteiger partial charge in [-0.05, 0) is 37.9 Å². The standard InChI is InChI=1S/C19H31N3O/c1-18(20-2)17-22-14-12-21(13-15-22)11-7-4-8-16-23-19-9-5-3-6-10-19/h3,5-6,9-10,20H,1,4,7-8,11-17H2,2H3. The minimum Gasteiger partial charge on any atom is -0.494 e. The van der Waals surface area contributed by atoms with Gasteiger partial charge in [0, 0.05) is 45.5 Å². The molecule has 1 aliphatic heterocycles. The quantitative estimate of drug-likeness (QED) is 0.671. The highest BCUT2D eigenvalue weighted by molar-refractivity contribution is 5.20. The Morgan fingerprint density at radius 3 is 2.43 bits per heavy atom. The van der Waals surface area contributed by atoms with Gasteiger partial charge in [0.05, 0.1) is 6.61 Å². The third-order valence-corrected chi connectivity index (χ3v) is 4.36. The van der Waals surface area contributed by atoms with Crippen molar-refractivity contribution in [3.63, 3.8) is 0 Å². The van der Waals surface area contributed by atoms with Gasteiger partial charge in [-0.1, -0.05) is 24.8 Å². The molecule has 0 saturated carbocycles. The van der Waals surface area contributed by atoms with Crippen LogP contribution in [0.4, 0.5) is 0 Å². The van der Waals surface area contributed by atoms with Crippen LogP contribution in [0, 0.1) is 0 Å². The van der Waals surface area contributed by atoms with Crippen LogP contribution in [0.2, 0.25) is 0 Å².